The van der Waals surface area contributed by atoms with E-state index in [0.29, 0.717) is 13.0 Å². The number of halogens is 2. The molecule has 1 fully saturated rings. The van der Waals surface area contributed by atoms with Crippen LogP contribution >= 0.6 is 22.6 Å². The second kappa shape index (κ2) is 6.32. The third kappa shape index (κ3) is 3.14. The number of aromatic nitrogens is 1. The molecule has 2 atom stereocenters. The molecule has 0 aliphatic carbocycles. The largest absolute Gasteiger partial charge is 0.356 e. The fourth-order valence-electron chi connectivity index (χ4n) is 3.16. The third-order valence-electron chi connectivity index (χ3n) is 4.12. The van der Waals surface area contributed by atoms with E-state index in [1.807, 2.05) is 25.3 Å². The Labute approximate surface area is 142 Å². The minimum atomic E-state index is -0.240. The minimum Gasteiger partial charge on any atom is -0.356 e. The molecule has 1 N–H and O–H groups in total. The summed E-state index contributed by atoms with van der Waals surface area (Å²) < 4.78 is 14.7. The molecule has 2 aromatic rings. The van der Waals surface area contributed by atoms with E-state index in [1.165, 1.54) is 6.07 Å². The summed E-state index contributed by atoms with van der Waals surface area (Å²) >= 11 is 2.12. The zero-order valence-electron chi connectivity index (χ0n) is 12.1. The van der Waals surface area contributed by atoms with E-state index in [0.717, 1.165) is 20.3 Å². The van der Waals surface area contributed by atoms with Crippen LogP contribution in [0.25, 0.3) is 0 Å². The number of carbonyl (C=O) groups excluding carboxylic acids is 1. The van der Waals surface area contributed by atoms with Gasteiger partial charge >= 0.3 is 0 Å². The molecule has 114 valence electrons. The van der Waals surface area contributed by atoms with Crippen LogP contribution in [-0.4, -0.2) is 17.4 Å². The fourth-order valence-corrected chi connectivity index (χ4v) is 3.81. The molecule has 0 saturated carbocycles. The number of rotatable bonds is 3. The van der Waals surface area contributed by atoms with Crippen LogP contribution in [0, 0.1) is 22.2 Å². The average Bonchev–Trinajstić information content (AvgIpc) is 2.86. The molecule has 3 rings (SSSR count). The van der Waals surface area contributed by atoms with Crippen LogP contribution in [0.4, 0.5) is 4.39 Å². The smallest absolute Gasteiger partial charge is 0.220 e. The summed E-state index contributed by atoms with van der Waals surface area (Å²) in [6.07, 6.45) is 4.04. The van der Waals surface area contributed by atoms with Gasteiger partial charge in [0.2, 0.25) is 5.91 Å². The summed E-state index contributed by atoms with van der Waals surface area (Å²) in [6.45, 7) is 2.63. The molecule has 1 aromatic heterocycles. The highest BCUT2D eigenvalue weighted by Crippen LogP contribution is 2.37. The lowest BCUT2D eigenvalue weighted by Crippen LogP contribution is -2.19. The van der Waals surface area contributed by atoms with Crippen LogP contribution in [-0.2, 0) is 4.79 Å². The van der Waals surface area contributed by atoms with Gasteiger partial charge in [0.05, 0.1) is 0 Å². The molecule has 1 aliphatic heterocycles. The molecule has 2 heterocycles. The Balaban J connectivity index is 2.10. The number of hydrogen-bond acceptors (Lipinski definition) is 2. The highest BCUT2D eigenvalue weighted by Gasteiger charge is 2.32. The Hall–Kier alpha value is -1.50. The zero-order valence-corrected chi connectivity index (χ0v) is 14.3. The van der Waals surface area contributed by atoms with Gasteiger partial charge < -0.3 is 5.32 Å². The van der Waals surface area contributed by atoms with Gasteiger partial charge in [-0.3, -0.25) is 9.78 Å². The van der Waals surface area contributed by atoms with Gasteiger partial charge in [-0.15, -0.1) is 0 Å². The van der Waals surface area contributed by atoms with Gasteiger partial charge in [-0.25, -0.2) is 4.39 Å². The lowest BCUT2D eigenvalue weighted by Gasteiger charge is -2.25. The van der Waals surface area contributed by atoms with E-state index in [-0.39, 0.29) is 23.6 Å². The molecule has 1 amide bonds. The van der Waals surface area contributed by atoms with Crippen molar-refractivity contribution in [1.29, 1.82) is 0 Å². The predicted octanol–water partition coefficient (Wildman–Crippen LogP) is 3.40. The summed E-state index contributed by atoms with van der Waals surface area (Å²) in [5.74, 6) is -0.0546. The number of nitrogens with zero attached hydrogens (tertiary/aromatic N) is 1. The second-order valence-electron chi connectivity index (χ2n) is 5.68. The first kappa shape index (κ1) is 15.4. The van der Waals surface area contributed by atoms with Crippen molar-refractivity contribution in [3.8, 4) is 0 Å². The number of pyridine rings is 1. The Bertz CT molecular complexity index is 699. The molecule has 22 heavy (non-hydrogen) atoms. The maximum absolute atomic E-state index is 13.9. The standard InChI is InChI=1S/C17H16FIN2O/c1-10-8-20-3-2-15(10)17(12-6-16(22)21-9-12)11-4-13(18)7-14(19)5-11/h2-5,7-8,12,17H,6,9H2,1H3,(H,21,22). The highest BCUT2D eigenvalue weighted by molar-refractivity contribution is 14.1. The Morgan fingerprint density at radius 1 is 1.41 bits per heavy atom. The van der Waals surface area contributed by atoms with Crippen molar-refractivity contribution >= 4 is 28.5 Å². The molecule has 0 bridgehead atoms. The van der Waals surface area contributed by atoms with Gasteiger partial charge in [0.1, 0.15) is 5.82 Å². The van der Waals surface area contributed by atoms with Crippen molar-refractivity contribution in [2.24, 2.45) is 5.92 Å². The van der Waals surface area contributed by atoms with Gasteiger partial charge in [0.25, 0.3) is 0 Å². The number of hydrogen-bond donors (Lipinski definition) is 1. The third-order valence-corrected chi connectivity index (χ3v) is 4.75. The van der Waals surface area contributed by atoms with Gasteiger partial charge in [-0.2, -0.15) is 0 Å². The number of nitrogens with one attached hydrogen (secondary N) is 1. The lowest BCUT2D eigenvalue weighted by atomic mass is 9.79. The van der Waals surface area contributed by atoms with E-state index in [2.05, 4.69) is 32.9 Å². The number of benzene rings is 1. The molecule has 1 saturated heterocycles. The van der Waals surface area contributed by atoms with Crippen molar-refractivity contribution in [1.82, 2.24) is 10.3 Å². The monoisotopic (exact) mass is 410 g/mol. The van der Waals surface area contributed by atoms with E-state index >= 15 is 0 Å². The van der Waals surface area contributed by atoms with E-state index in [4.69, 9.17) is 0 Å². The minimum absolute atomic E-state index is 0.00818. The Morgan fingerprint density at radius 2 is 2.23 bits per heavy atom. The van der Waals surface area contributed by atoms with Crippen LogP contribution in [0.5, 0.6) is 0 Å². The maximum atomic E-state index is 13.9. The first-order chi connectivity index (χ1) is 10.5. The SMILES string of the molecule is Cc1cnccc1C(c1cc(F)cc(I)c1)C1CNC(=O)C1. The van der Waals surface area contributed by atoms with Crippen LogP contribution < -0.4 is 5.32 Å². The molecule has 0 radical (unpaired) electrons. The van der Waals surface area contributed by atoms with Crippen LogP contribution in [0.15, 0.2) is 36.7 Å². The number of amides is 1. The van der Waals surface area contributed by atoms with Gasteiger partial charge in [0.15, 0.2) is 0 Å². The van der Waals surface area contributed by atoms with Crippen LogP contribution in [0.3, 0.4) is 0 Å². The molecule has 0 spiro atoms. The van der Waals surface area contributed by atoms with Crippen molar-refractivity contribution in [3.05, 3.63) is 62.7 Å². The summed E-state index contributed by atoms with van der Waals surface area (Å²) in [5.41, 5.74) is 3.09. The van der Waals surface area contributed by atoms with Crippen molar-refractivity contribution in [2.45, 2.75) is 19.3 Å². The molecular formula is C17H16FIN2O. The van der Waals surface area contributed by atoms with Crippen molar-refractivity contribution in [3.63, 3.8) is 0 Å². The summed E-state index contributed by atoms with van der Waals surface area (Å²) in [6, 6.07) is 7.06. The average molecular weight is 410 g/mol. The quantitative estimate of drug-likeness (QED) is 0.789. The van der Waals surface area contributed by atoms with Crippen LogP contribution in [0.2, 0.25) is 0 Å². The Morgan fingerprint density at radius 3 is 2.86 bits per heavy atom. The highest BCUT2D eigenvalue weighted by atomic mass is 127. The van der Waals surface area contributed by atoms with E-state index in [9.17, 15) is 9.18 Å². The normalized spacial score (nSPS) is 19.0. The molecular weight excluding hydrogens is 394 g/mol. The van der Waals surface area contributed by atoms with Crippen LogP contribution in [0.1, 0.15) is 29.0 Å². The lowest BCUT2D eigenvalue weighted by molar-refractivity contribution is -0.119. The van der Waals surface area contributed by atoms with Gasteiger partial charge in [0, 0.05) is 34.8 Å². The second-order valence-corrected chi connectivity index (χ2v) is 6.93. The molecule has 1 aromatic carbocycles. The maximum Gasteiger partial charge on any atom is 0.220 e. The summed E-state index contributed by atoms with van der Waals surface area (Å²) in [4.78, 5) is 15.8. The van der Waals surface area contributed by atoms with Gasteiger partial charge in [-0.05, 0) is 76.4 Å². The predicted molar refractivity (Wildman–Crippen MR) is 91.1 cm³/mol. The van der Waals surface area contributed by atoms with Crippen molar-refractivity contribution in [2.75, 3.05) is 6.54 Å². The first-order valence-corrected chi connectivity index (χ1v) is 8.25. The zero-order chi connectivity index (χ0) is 15.7. The fraction of sp³-hybridized carbons (Fsp3) is 0.294. The van der Waals surface area contributed by atoms with Gasteiger partial charge in [-0.1, -0.05) is 0 Å². The van der Waals surface area contributed by atoms with Crippen molar-refractivity contribution < 1.29 is 9.18 Å². The van der Waals surface area contributed by atoms with E-state index in [1.54, 1.807) is 12.3 Å². The number of carbonyl (C=O) groups is 1. The number of aryl methyl sites for hydroxylation is 1. The summed E-state index contributed by atoms with van der Waals surface area (Å²) in [5, 5.41) is 2.89. The molecule has 5 heteroatoms. The van der Waals surface area contributed by atoms with E-state index < -0.39 is 0 Å². The first-order valence-electron chi connectivity index (χ1n) is 7.18. The molecule has 1 aliphatic rings. The molecule has 3 nitrogen and oxygen atoms in total. The molecule has 2 unspecified atom stereocenters. The Kier molecular flexibility index (Phi) is 4.42. The summed E-state index contributed by atoms with van der Waals surface area (Å²) in [7, 11) is 0. The topological polar surface area (TPSA) is 42.0 Å².